The molecule has 11 heavy (non-hydrogen) atoms. The Labute approximate surface area is 63.8 Å². The molecule has 0 aromatic heterocycles. The molecule has 5 heteroatoms. The van der Waals surface area contributed by atoms with Gasteiger partial charge in [0.15, 0.2) is 12.6 Å². The lowest BCUT2D eigenvalue weighted by molar-refractivity contribution is -0.286. The van der Waals surface area contributed by atoms with Crippen molar-refractivity contribution < 1.29 is 25.2 Å². The number of aliphatic hydroxyl groups excluding tert-OH is 4. The van der Waals surface area contributed by atoms with Crippen LogP contribution in [0, 0.1) is 5.92 Å². The highest BCUT2D eigenvalue weighted by Crippen LogP contribution is 2.22. The molecule has 1 saturated heterocycles. The van der Waals surface area contributed by atoms with Gasteiger partial charge >= 0.3 is 0 Å². The number of ether oxygens (including phenoxy) is 1. The van der Waals surface area contributed by atoms with E-state index in [-0.39, 0.29) is 13.0 Å². The molecule has 0 bridgehead atoms. The van der Waals surface area contributed by atoms with Gasteiger partial charge in [0.25, 0.3) is 0 Å². The summed E-state index contributed by atoms with van der Waals surface area (Å²) < 4.78 is 4.48. The summed E-state index contributed by atoms with van der Waals surface area (Å²) >= 11 is 0. The van der Waals surface area contributed by atoms with Crippen LogP contribution in [0.2, 0.25) is 0 Å². The zero-order valence-corrected chi connectivity index (χ0v) is 5.92. The quantitative estimate of drug-likeness (QED) is 0.360. The average molecular weight is 164 g/mol. The first-order valence-electron chi connectivity index (χ1n) is 3.45. The molecule has 4 atom stereocenters. The van der Waals surface area contributed by atoms with Gasteiger partial charge in [0.2, 0.25) is 0 Å². The third-order valence-corrected chi connectivity index (χ3v) is 1.81. The number of aliphatic hydroxyl groups is 4. The van der Waals surface area contributed by atoms with Crippen LogP contribution >= 0.6 is 0 Å². The first-order chi connectivity index (χ1) is 5.15. The lowest BCUT2D eigenvalue weighted by Crippen LogP contribution is -2.46. The van der Waals surface area contributed by atoms with E-state index in [0.717, 1.165) is 0 Å². The average Bonchev–Trinajstić information content (AvgIpc) is 1.96. The molecule has 1 aliphatic rings. The van der Waals surface area contributed by atoms with Crippen LogP contribution in [-0.4, -0.2) is 45.7 Å². The Morgan fingerprint density at radius 3 is 2.45 bits per heavy atom. The first kappa shape index (κ1) is 8.89. The Morgan fingerprint density at radius 1 is 1.27 bits per heavy atom. The van der Waals surface area contributed by atoms with Gasteiger partial charge in [-0.3, -0.25) is 0 Å². The smallest absolute Gasteiger partial charge is 0.184 e. The highest BCUT2D eigenvalue weighted by atomic mass is 16.7. The lowest BCUT2D eigenvalue weighted by Gasteiger charge is -2.33. The fraction of sp³-hybridized carbons (Fsp3) is 1.00. The molecule has 0 aromatic carbocycles. The summed E-state index contributed by atoms with van der Waals surface area (Å²) in [6, 6.07) is 0. The second-order valence-corrected chi connectivity index (χ2v) is 2.65. The van der Waals surface area contributed by atoms with Crippen molar-refractivity contribution >= 4 is 0 Å². The minimum atomic E-state index is -1.39. The summed E-state index contributed by atoms with van der Waals surface area (Å²) in [7, 11) is 0. The van der Waals surface area contributed by atoms with Crippen LogP contribution < -0.4 is 0 Å². The Bertz CT molecular complexity index is 128. The van der Waals surface area contributed by atoms with Crippen LogP contribution in [0.5, 0.6) is 0 Å². The van der Waals surface area contributed by atoms with E-state index in [9.17, 15) is 0 Å². The van der Waals surface area contributed by atoms with Crippen molar-refractivity contribution in [3.05, 3.63) is 0 Å². The van der Waals surface area contributed by atoms with Crippen LogP contribution in [0.25, 0.3) is 0 Å². The third kappa shape index (κ3) is 1.88. The van der Waals surface area contributed by atoms with E-state index in [1.54, 1.807) is 0 Å². The molecule has 0 amide bonds. The summed E-state index contributed by atoms with van der Waals surface area (Å²) in [5, 5.41) is 35.6. The van der Waals surface area contributed by atoms with Gasteiger partial charge in [0.1, 0.15) is 6.10 Å². The molecule has 66 valence electrons. The fourth-order valence-corrected chi connectivity index (χ4v) is 1.11. The van der Waals surface area contributed by atoms with Gasteiger partial charge in [-0.05, 0) is 0 Å². The Hall–Kier alpha value is -0.200. The predicted molar refractivity (Wildman–Crippen MR) is 34.3 cm³/mol. The Balaban J connectivity index is 2.51. The maximum atomic E-state index is 9.11. The number of rotatable bonds is 1. The fourth-order valence-electron chi connectivity index (χ4n) is 1.11. The summed E-state index contributed by atoms with van der Waals surface area (Å²) in [4.78, 5) is 0. The van der Waals surface area contributed by atoms with Crippen molar-refractivity contribution in [3.8, 4) is 0 Å². The van der Waals surface area contributed by atoms with Gasteiger partial charge in [-0.25, -0.2) is 0 Å². The molecule has 1 fully saturated rings. The van der Waals surface area contributed by atoms with Gasteiger partial charge in [0.05, 0.1) is 0 Å². The minimum Gasteiger partial charge on any atom is -0.396 e. The Morgan fingerprint density at radius 2 is 1.91 bits per heavy atom. The SMILES string of the molecule is OCC1CC(O)OC(O)C1O. The van der Waals surface area contributed by atoms with Crippen molar-refractivity contribution in [1.29, 1.82) is 0 Å². The van der Waals surface area contributed by atoms with Crippen molar-refractivity contribution in [2.75, 3.05) is 6.61 Å². The summed E-state index contributed by atoms with van der Waals surface area (Å²) in [6.07, 6.45) is -3.45. The first-order valence-corrected chi connectivity index (χ1v) is 3.45. The van der Waals surface area contributed by atoms with E-state index >= 15 is 0 Å². The van der Waals surface area contributed by atoms with Crippen LogP contribution in [0.15, 0.2) is 0 Å². The highest BCUT2D eigenvalue weighted by Gasteiger charge is 2.35. The van der Waals surface area contributed by atoms with Gasteiger partial charge < -0.3 is 25.2 Å². The molecule has 1 heterocycles. The van der Waals surface area contributed by atoms with E-state index in [1.807, 2.05) is 0 Å². The second kappa shape index (κ2) is 3.46. The summed E-state index contributed by atoms with van der Waals surface area (Å²) in [5.41, 5.74) is 0. The molecular formula is C6H12O5. The molecule has 1 aliphatic heterocycles. The topological polar surface area (TPSA) is 90.2 Å². The van der Waals surface area contributed by atoms with E-state index in [2.05, 4.69) is 4.74 Å². The van der Waals surface area contributed by atoms with E-state index in [1.165, 1.54) is 0 Å². The molecule has 0 aliphatic carbocycles. The largest absolute Gasteiger partial charge is 0.396 e. The van der Waals surface area contributed by atoms with E-state index < -0.39 is 24.6 Å². The maximum absolute atomic E-state index is 9.11. The summed E-state index contributed by atoms with van der Waals surface area (Å²) in [6.45, 7) is -0.265. The molecular weight excluding hydrogens is 152 g/mol. The van der Waals surface area contributed by atoms with Crippen molar-refractivity contribution in [2.24, 2.45) is 5.92 Å². The van der Waals surface area contributed by atoms with Crippen LogP contribution in [-0.2, 0) is 4.74 Å². The molecule has 1 rings (SSSR count). The predicted octanol–water partition coefficient (Wildman–Crippen LogP) is -1.99. The third-order valence-electron chi connectivity index (χ3n) is 1.81. The van der Waals surface area contributed by atoms with Gasteiger partial charge in [-0.15, -0.1) is 0 Å². The summed E-state index contributed by atoms with van der Waals surface area (Å²) in [5.74, 6) is -0.506. The highest BCUT2D eigenvalue weighted by molar-refractivity contribution is 4.76. The second-order valence-electron chi connectivity index (χ2n) is 2.65. The lowest BCUT2D eigenvalue weighted by atomic mass is 9.96. The molecule has 5 nitrogen and oxygen atoms in total. The minimum absolute atomic E-state index is 0.148. The van der Waals surface area contributed by atoms with Gasteiger partial charge in [-0.2, -0.15) is 0 Å². The molecule has 0 saturated carbocycles. The van der Waals surface area contributed by atoms with Gasteiger partial charge in [0, 0.05) is 18.9 Å². The standard InChI is InChI=1S/C6H12O5/c7-2-3-1-4(8)11-6(10)5(3)9/h3-10H,1-2H2. The number of hydrogen-bond donors (Lipinski definition) is 4. The van der Waals surface area contributed by atoms with E-state index in [4.69, 9.17) is 20.4 Å². The van der Waals surface area contributed by atoms with Crippen molar-refractivity contribution in [2.45, 2.75) is 25.1 Å². The molecule has 0 spiro atoms. The number of hydrogen-bond acceptors (Lipinski definition) is 5. The van der Waals surface area contributed by atoms with Crippen molar-refractivity contribution in [3.63, 3.8) is 0 Å². The maximum Gasteiger partial charge on any atom is 0.184 e. The van der Waals surface area contributed by atoms with Crippen LogP contribution in [0.4, 0.5) is 0 Å². The molecule has 4 unspecified atom stereocenters. The molecule has 0 radical (unpaired) electrons. The van der Waals surface area contributed by atoms with Crippen molar-refractivity contribution in [1.82, 2.24) is 0 Å². The van der Waals surface area contributed by atoms with E-state index in [0.29, 0.717) is 0 Å². The Kier molecular flexibility index (Phi) is 2.80. The normalized spacial score (nSPS) is 45.8. The van der Waals surface area contributed by atoms with Gasteiger partial charge in [-0.1, -0.05) is 0 Å². The van der Waals surface area contributed by atoms with Crippen LogP contribution in [0.1, 0.15) is 6.42 Å². The zero-order chi connectivity index (χ0) is 8.43. The molecule has 0 aromatic rings. The monoisotopic (exact) mass is 164 g/mol. The van der Waals surface area contributed by atoms with Crippen LogP contribution in [0.3, 0.4) is 0 Å². The zero-order valence-electron chi connectivity index (χ0n) is 5.92. The molecule has 4 N–H and O–H groups in total.